The first-order chi connectivity index (χ1) is 19.3. The van der Waals surface area contributed by atoms with Crippen molar-refractivity contribution in [2.24, 2.45) is 11.8 Å². The third-order valence-electron chi connectivity index (χ3n) is 7.85. The molecule has 2 aliphatic rings. The summed E-state index contributed by atoms with van der Waals surface area (Å²) in [5, 5.41) is 16.7. The van der Waals surface area contributed by atoms with Crippen LogP contribution in [-0.2, 0) is 10.0 Å². The number of carbonyl (C=O) groups excluding carboxylic acids is 1. The zero-order valence-corrected chi connectivity index (χ0v) is 23.5. The number of nitrogens with one attached hydrogen (secondary N) is 2. The number of likely N-dealkylation sites (tertiary alicyclic amines) is 1. The monoisotopic (exact) mass is 577 g/mol. The van der Waals surface area contributed by atoms with E-state index in [1.807, 2.05) is 11.9 Å². The number of hydrogen-bond donors (Lipinski definition) is 2. The molecule has 4 aromatic rings. The van der Waals surface area contributed by atoms with E-state index in [0.29, 0.717) is 52.6 Å². The Kier molecular flexibility index (Phi) is 6.55. The zero-order chi connectivity index (χ0) is 28.0. The SMILES string of the molecule is CNc1nsc(NC(=O)N2CC3CC(N(C)c4c(C#N)cnc5c4ccn5S(=O)(=O)c4ccccc4)CC3C2)n1. The maximum absolute atomic E-state index is 13.3. The van der Waals surface area contributed by atoms with Crippen LogP contribution in [0.4, 0.5) is 21.6 Å². The van der Waals surface area contributed by atoms with Crippen LogP contribution in [-0.4, -0.2) is 70.9 Å². The summed E-state index contributed by atoms with van der Waals surface area (Å²) in [6, 6.07) is 12.1. The molecule has 1 aliphatic carbocycles. The van der Waals surface area contributed by atoms with Gasteiger partial charge in [0.1, 0.15) is 6.07 Å². The Labute approximate surface area is 235 Å². The van der Waals surface area contributed by atoms with Crippen molar-refractivity contribution in [3.8, 4) is 6.07 Å². The summed E-state index contributed by atoms with van der Waals surface area (Å²) in [5.74, 6) is 1.12. The second-order valence-corrected chi connectivity index (χ2v) is 12.6. The number of anilines is 3. The fourth-order valence-corrected chi connectivity index (χ4v) is 7.78. The summed E-state index contributed by atoms with van der Waals surface area (Å²) in [5.41, 5.74) is 1.34. The van der Waals surface area contributed by atoms with E-state index in [0.717, 1.165) is 24.4 Å². The van der Waals surface area contributed by atoms with Crippen LogP contribution in [0.2, 0.25) is 0 Å². The minimum absolute atomic E-state index is 0.133. The Morgan fingerprint density at radius 2 is 1.90 bits per heavy atom. The van der Waals surface area contributed by atoms with Crippen LogP contribution in [0.15, 0.2) is 53.7 Å². The number of rotatable bonds is 6. The molecule has 2 fully saturated rings. The number of nitrogens with zero attached hydrogens (tertiary/aromatic N) is 7. The minimum Gasteiger partial charge on any atom is -0.370 e. The molecule has 6 rings (SSSR count). The summed E-state index contributed by atoms with van der Waals surface area (Å²) >= 11 is 1.13. The van der Waals surface area contributed by atoms with Crippen molar-refractivity contribution in [3.63, 3.8) is 0 Å². The molecule has 1 aromatic carbocycles. The third kappa shape index (κ3) is 4.40. The van der Waals surface area contributed by atoms with Crippen LogP contribution in [0.25, 0.3) is 11.0 Å². The molecule has 1 saturated carbocycles. The van der Waals surface area contributed by atoms with Gasteiger partial charge in [-0.2, -0.15) is 14.6 Å². The van der Waals surface area contributed by atoms with Gasteiger partial charge in [-0.3, -0.25) is 5.32 Å². The van der Waals surface area contributed by atoms with Crippen molar-refractivity contribution in [3.05, 3.63) is 54.4 Å². The number of carbonyl (C=O) groups is 1. The van der Waals surface area contributed by atoms with Crippen molar-refractivity contribution >= 4 is 55.4 Å². The molecular weight excluding hydrogens is 550 g/mol. The summed E-state index contributed by atoms with van der Waals surface area (Å²) in [6.07, 6.45) is 4.65. The second-order valence-electron chi connectivity index (χ2n) is 10.1. The highest BCUT2D eigenvalue weighted by atomic mass is 32.2. The number of hydrogen-bond acceptors (Lipinski definition) is 10. The standard InChI is InChI=1S/C26H27N9O3S2/c1-28-24-30-25(39-32-24)31-26(36)34-14-16-10-19(11-17(16)15-34)33(2)22-18(12-27)13-29-23-21(22)8-9-35(23)40(37,38)20-6-4-3-5-7-20/h3-9,13,16-17,19H,10-11,14-15H2,1-2H3,(H2,28,30,31,32,36). The van der Waals surface area contributed by atoms with Gasteiger partial charge in [0.05, 0.1) is 16.1 Å². The van der Waals surface area contributed by atoms with E-state index in [4.69, 9.17) is 0 Å². The molecule has 2 unspecified atom stereocenters. The molecule has 0 spiro atoms. The summed E-state index contributed by atoms with van der Waals surface area (Å²) in [7, 11) is -0.183. The Morgan fingerprint density at radius 3 is 2.55 bits per heavy atom. The van der Waals surface area contributed by atoms with Crippen LogP contribution in [0.1, 0.15) is 18.4 Å². The summed E-state index contributed by atoms with van der Waals surface area (Å²) < 4.78 is 32.0. The predicted octanol–water partition coefficient (Wildman–Crippen LogP) is 3.42. The average molecular weight is 578 g/mol. The van der Waals surface area contributed by atoms with Gasteiger partial charge in [0, 0.05) is 62.5 Å². The second kappa shape index (κ2) is 10.1. The highest BCUT2D eigenvalue weighted by Crippen LogP contribution is 2.43. The fraction of sp³-hybridized carbons (Fsp3) is 0.346. The normalized spacial score (nSPS) is 20.3. The number of aromatic nitrogens is 4. The van der Waals surface area contributed by atoms with E-state index in [2.05, 4.69) is 35.9 Å². The average Bonchev–Trinajstić information content (AvgIpc) is 3.75. The van der Waals surface area contributed by atoms with Crippen molar-refractivity contribution in [2.75, 3.05) is 42.7 Å². The van der Waals surface area contributed by atoms with Gasteiger partial charge in [0.25, 0.3) is 10.0 Å². The molecule has 2 amide bonds. The van der Waals surface area contributed by atoms with Gasteiger partial charge in [0.2, 0.25) is 11.1 Å². The van der Waals surface area contributed by atoms with Gasteiger partial charge >= 0.3 is 6.03 Å². The van der Waals surface area contributed by atoms with Gasteiger partial charge < -0.3 is 15.1 Å². The number of benzene rings is 1. The Hall–Kier alpha value is -4.22. The molecule has 2 N–H and O–H groups in total. The van der Waals surface area contributed by atoms with Crippen molar-refractivity contribution in [2.45, 2.75) is 23.8 Å². The Bertz CT molecular complexity index is 1710. The molecular formula is C26H27N9O3S2. The van der Waals surface area contributed by atoms with E-state index in [-0.39, 0.29) is 22.6 Å². The first-order valence-corrected chi connectivity index (χ1v) is 15.0. The number of urea groups is 1. The lowest BCUT2D eigenvalue weighted by atomic mass is 10.0. The first kappa shape index (κ1) is 26.0. The smallest absolute Gasteiger partial charge is 0.323 e. The highest BCUT2D eigenvalue weighted by molar-refractivity contribution is 7.90. The maximum atomic E-state index is 13.3. The molecule has 3 aromatic heterocycles. The molecule has 4 heterocycles. The molecule has 0 radical (unpaired) electrons. The molecule has 12 nitrogen and oxygen atoms in total. The quantitative estimate of drug-likeness (QED) is 0.351. The van der Waals surface area contributed by atoms with E-state index in [1.54, 1.807) is 43.4 Å². The summed E-state index contributed by atoms with van der Waals surface area (Å²) in [6.45, 7) is 1.28. The van der Waals surface area contributed by atoms with Crippen molar-refractivity contribution < 1.29 is 13.2 Å². The van der Waals surface area contributed by atoms with Crippen LogP contribution in [0.3, 0.4) is 0 Å². The zero-order valence-electron chi connectivity index (χ0n) is 21.9. The molecule has 206 valence electrons. The van der Waals surface area contributed by atoms with Crippen LogP contribution >= 0.6 is 11.5 Å². The number of amides is 2. The highest BCUT2D eigenvalue weighted by Gasteiger charge is 2.44. The van der Waals surface area contributed by atoms with Gasteiger partial charge in [-0.1, -0.05) is 18.2 Å². The van der Waals surface area contributed by atoms with Crippen LogP contribution in [0, 0.1) is 23.2 Å². The summed E-state index contributed by atoms with van der Waals surface area (Å²) in [4.78, 5) is 25.5. The lowest BCUT2D eigenvalue weighted by molar-refractivity contribution is 0.218. The molecule has 40 heavy (non-hydrogen) atoms. The van der Waals surface area contributed by atoms with Gasteiger partial charge in [-0.15, -0.1) is 0 Å². The Morgan fingerprint density at radius 1 is 1.18 bits per heavy atom. The predicted molar refractivity (Wildman–Crippen MR) is 152 cm³/mol. The molecule has 2 atom stereocenters. The largest absolute Gasteiger partial charge is 0.370 e. The van der Waals surface area contributed by atoms with E-state index < -0.39 is 10.0 Å². The van der Waals surface area contributed by atoms with E-state index in [1.165, 1.54) is 16.4 Å². The van der Waals surface area contributed by atoms with Crippen LogP contribution < -0.4 is 15.5 Å². The number of fused-ring (bicyclic) bond motifs is 2. The first-order valence-electron chi connectivity index (χ1n) is 12.8. The minimum atomic E-state index is -3.85. The fourth-order valence-electron chi connectivity index (χ4n) is 5.89. The van der Waals surface area contributed by atoms with Crippen LogP contribution in [0.5, 0.6) is 0 Å². The van der Waals surface area contributed by atoms with Gasteiger partial charge in [0.15, 0.2) is 5.65 Å². The van der Waals surface area contributed by atoms with Gasteiger partial charge in [-0.05, 0) is 42.9 Å². The van der Waals surface area contributed by atoms with Crippen molar-refractivity contribution in [1.29, 1.82) is 5.26 Å². The lowest BCUT2D eigenvalue weighted by Gasteiger charge is -2.29. The number of nitriles is 1. The molecule has 1 saturated heterocycles. The lowest BCUT2D eigenvalue weighted by Crippen LogP contribution is -2.36. The Balaban J connectivity index is 1.21. The van der Waals surface area contributed by atoms with E-state index in [9.17, 15) is 18.5 Å². The number of pyridine rings is 1. The van der Waals surface area contributed by atoms with Gasteiger partial charge in [-0.25, -0.2) is 22.2 Å². The maximum Gasteiger partial charge on any atom is 0.323 e. The van der Waals surface area contributed by atoms with E-state index >= 15 is 0 Å². The topological polar surface area (TPSA) is 149 Å². The van der Waals surface area contributed by atoms with Crippen molar-refractivity contribution in [1.82, 2.24) is 23.2 Å². The molecule has 14 heteroatoms. The molecule has 0 bridgehead atoms. The third-order valence-corrected chi connectivity index (χ3v) is 10.2. The molecule has 1 aliphatic heterocycles.